The van der Waals surface area contributed by atoms with Crippen LogP contribution in [0.3, 0.4) is 0 Å². The maximum absolute atomic E-state index is 13.7. The highest BCUT2D eigenvalue weighted by Gasteiger charge is 2.48. The zero-order valence-electron chi connectivity index (χ0n) is 26.0. The van der Waals surface area contributed by atoms with E-state index >= 15 is 0 Å². The number of anilines is 1. The molecule has 3 N–H and O–H groups in total. The smallest absolute Gasteiger partial charge is 0.249 e. The average molecular weight is 648 g/mol. The van der Waals surface area contributed by atoms with Crippen molar-refractivity contribution in [3.8, 4) is 0 Å². The number of aliphatic hydroxyl groups is 1. The van der Waals surface area contributed by atoms with Crippen LogP contribution in [0, 0.1) is 17.6 Å². The number of carbonyl (C=O) groups excluding carboxylic acids is 3. The summed E-state index contributed by atoms with van der Waals surface area (Å²) in [6.07, 6.45) is 2.50. The van der Waals surface area contributed by atoms with E-state index in [1.807, 2.05) is 24.3 Å². The first kappa shape index (κ1) is 32.7. The van der Waals surface area contributed by atoms with Gasteiger partial charge < -0.3 is 30.1 Å². The van der Waals surface area contributed by atoms with Gasteiger partial charge in [0.2, 0.25) is 17.7 Å². The van der Waals surface area contributed by atoms with Crippen molar-refractivity contribution in [2.75, 3.05) is 31.3 Å². The van der Waals surface area contributed by atoms with Gasteiger partial charge in [-0.3, -0.25) is 14.4 Å². The van der Waals surface area contributed by atoms with Crippen LogP contribution in [-0.2, 0) is 30.3 Å². The van der Waals surface area contributed by atoms with E-state index in [9.17, 15) is 28.3 Å². The van der Waals surface area contributed by atoms with Crippen molar-refractivity contribution in [1.82, 2.24) is 4.90 Å². The molecule has 0 aliphatic carbocycles. The van der Waals surface area contributed by atoms with E-state index in [0.29, 0.717) is 63.1 Å². The molecule has 3 aromatic carbocycles. The fraction of sp³-hybridized carbons (Fsp3) is 0.417. The Balaban J connectivity index is 1.10. The summed E-state index contributed by atoms with van der Waals surface area (Å²) >= 11 is 0. The van der Waals surface area contributed by atoms with E-state index < -0.39 is 35.4 Å². The van der Waals surface area contributed by atoms with Gasteiger partial charge in [0.25, 0.3) is 0 Å². The summed E-state index contributed by atoms with van der Waals surface area (Å²) in [4.78, 5) is 41.1. The molecule has 3 saturated heterocycles. The van der Waals surface area contributed by atoms with Gasteiger partial charge in [-0.1, -0.05) is 36.4 Å². The average Bonchev–Trinajstić information content (AvgIpc) is 3.55. The molecule has 0 radical (unpaired) electrons. The van der Waals surface area contributed by atoms with Crippen molar-refractivity contribution in [2.24, 2.45) is 11.7 Å². The van der Waals surface area contributed by atoms with Crippen molar-refractivity contribution in [3.05, 3.63) is 101 Å². The maximum atomic E-state index is 13.7. The molecule has 9 nitrogen and oxygen atoms in total. The van der Waals surface area contributed by atoms with Crippen LogP contribution in [0.2, 0.25) is 0 Å². The second kappa shape index (κ2) is 13.9. The van der Waals surface area contributed by atoms with Gasteiger partial charge in [0.05, 0.1) is 31.3 Å². The number of aliphatic hydroxyl groups excluding tert-OH is 1. The van der Waals surface area contributed by atoms with Gasteiger partial charge in [-0.15, -0.1) is 0 Å². The minimum absolute atomic E-state index is 0.105. The highest BCUT2D eigenvalue weighted by molar-refractivity contribution is 6.03. The number of ether oxygens (including phenoxy) is 2. The molecule has 3 fully saturated rings. The SMILES string of the molecule is NC(=O)C1CCCN1C(=O)COC1(CCc2ccc([C@@H]3[C@@H](CC[C@H](O)c4ccc(F)cc4)C(=O)N3c3ccc(F)cc3)cc2)COC1. The molecule has 3 amide bonds. The predicted octanol–water partition coefficient (Wildman–Crippen LogP) is 4.38. The number of aryl methyl sites for hydroxylation is 1. The lowest BCUT2D eigenvalue weighted by molar-refractivity contribution is -0.214. The second-order valence-electron chi connectivity index (χ2n) is 12.7. The van der Waals surface area contributed by atoms with Gasteiger partial charge in [0, 0.05) is 12.2 Å². The quantitative estimate of drug-likeness (QED) is 0.266. The molecule has 0 aromatic heterocycles. The van der Waals surface area contributed by atoms with Crippen LogP contribution in [0.25, 0.3) is 0 Å². The van der Waals surface area contributed by atoms with Gasteiger partial charge in [-0.2, -0.15) is 0 Å². The minimum Gasteiger partial charge on any atom is -0.388 e. The maximum Gasteiger partial charge on any atom is 0.249 e. The van der Waals surface area contributed by atoms with Crippen LogP contribution in [0.4, 0.5) is 14.5 Å². The Morgan fingerprint density at radius 1 is 1.00 bits per heavy atom. The van der Waals surface area contributed by atoms with E-state index in [0.717, 1.165) is 17.5 Å². The molecule has 3 aromatic rings. The Morgan fingerprint density at radius 3 is 2.28 bits per heavy atom. The number of halogens is 2. The summed E-state index contributed by atoms with van der Waals surface area (Å²) < 4.78 is 38.6. The number of amides is 3. The van der Waals surface area contributed by atoms with Gasteiger partial charge in [0.15, 0.2) is 0 Å². The van der Waals surface area contributed by atoms with E-state index in [4.69, 9.17) is 15.2 Å². The molecule has 0 saturated carbocycles. The van der Waals surface area contributed by atoms with Gasteiger partial charge >= 0.3 is 0 Å². The molecule has 6 rings (SSSR count). The van der Waals surface area contributed by atoms with Crippen LogP contribution in [0.5, 0.6) is 0 Å². The summed E-state index contributed by atoms with van der Waals surface area (Å²) in [5.41, 5.74) is 8.01. The number of hydrogen-bond donors (Lipinski definition) is 2. The van der Waals surface area contributed by atoms with Crippen LogP contribution in [-0.4, -0.2) is 65.7 Å². The number of primary amides is 1. The lowest BCUT2D eigenvalue weighted by Gasteiger charge is -2.48. The number of hydrogen-bond acceptors (Lipinski definition) is 6. The fourth-order valence-corrected chi connectivity index (χ4v) is 6.83. The summed E-state index contributed by atoms with van der Waals surface area (Å²) in [6, 6.07) is 18.6. The zero-order valence-corrected chi connectivity index (χ0v) is 26.0. The molecule has 0 bridgehead atoms. The third-order valence-electron chi connectivity index (χ3n) is 9.65. The second-order valence-corrected chi connectivity index (χ2v) is 12.7. The predicted molar refractivity (Wildman–Crippen MR) is 169 cm³/mol. The molecule has 4 atom stereocenters. The summed E-state index contributed by atoms with van der Waals surface area (Å²) in [6.45, 7) is 1.10. The molecular formula is C36H39F2N3O6. The number of benzene rings is 3. The van der Waals surface area contributed by atoms with Crippen molar-refractivity contribution in [1.29, 1.82) is 0 Å². The van der Waals surface area contributed by atoms with Gasteiger partial charge in [-0.05, 0) is 91.6 Å². The third-order valence-corrected chi connectivity index (χ3v) is 9.65. The topological polar surface area (TPSA) is 122 Å². The highest BCUT2D eigenvalue weighted by Crippen LogP contribution is 2.46. The van der Waals surface area contributed by atoms with E-state index in [1.54, 1.807) is 29.2 Å². The summed E-state index contributed by atoms with van der Waals surface area (Å²) in [7, 11) is 0. The van der Waals surface area contributed by atoms with Gasteiger partial charge in [0.1, 0.15) is 29.9 Å². The largest absolute Gasteiger partial charge is 0.388 e. The first-order valence-electron chi connectivity index (χ1n) is 16.1. The molecule has 3 heterocycles. The molecular weight excluding hydrogens is 608 g/mol. The minimum atomic E-state index is -0.841. The lowest BCUT2D eigenvalue weighted by atomic mass is 9.78. The van der Waals surface area contributed by atoms with Crippen molar-refractivity contribution in [3.63, 3.8) is 0 Å². The number of nitrogens with two attached hydrogens (primary N) is 1. The van der Waals surface area contributed by atoms with Crippen molar-refractivity contribution < 1.29 is 37.7 Å². The van der Waals surface area contributed by atoms with Crippen LogP contribution in [0.15, 0.2) is 72.8 Å². The number of nitrogens with zero attached hydrogens (tertiary/aromatic N) is 2. The van der Waals surface area contributed by atoms with E-state index in [2.05, 4.69) is 0 Å². The summed E-state index contributed by atoms with van der Waals surface area (Å²) in [5, 5.41) is 10.7. The Hall–Kier alpha value is -4.19. The number of carbonyl (C=O) groups is 3. The lowest BCUT2D eigenvalue weighted by Crippen LogP contribution is -2.55. The van der Waals surface area contributed by atoms with Crippen LogP contribution < -0.4 is 10.6 Å². The Morgan fingerprint density at radius 2 is 1.66 bits per heavy atom. The standard InChI is InChI=1S/C36H39F2N3O6/c37-26-9-7-24(8-10-26)31(42)16-15-29-33(41(35(29)45)28-13-11-27(38)12-14-28)25-5-3-23(4-6-25)17-18-36(21-46-22-36)47-20-32(43)40-19-1-2-30(40)34(39)44/h3-14,29-31,33,42H,1-2,15-22H2,(H2,39,44)/t29-,30?,31+,33-/m1/s1. The van der Waals surface area contributed by atoms with Crippen molar-refractivity contribution >= 4 is 23.4 Å². The molecule has 1 unspecified atom stereocenters. The molecule has 3 aliphatic heterocycles. The zero-order chi connectivity index (χ0) is 33.1. The molecule has 11 heteroatoms. The molecule has 3 aliphatic rings. The van der Waals surface area contributed by atoms with Gasteiger partial charge in [-0.25, -0.2) is 8.78 Å². The summed E-state index contributed by atoms with van der Waals surface area (Å²) in [5.74, 6) is -2.02. The van der Waals surface area contributed by atoms with Crippen molar-refractivity contribution in [2.45, 2.75) is 62.3 Å². The number of rotatable bonds is 13. The first-order chi connectivity index (χ1) is 22.6. The third kappa shape index (κ3) is 7.07. The van der Waals surface area contributed by atoms with E-state index in [-0.39, 0.29) is 30.3 Å². The normalized spacial score (nSPS) is 22.4. The Labute approximate surface area is 272 Å². The number of β-lactam (4-membered cyclic amide) rings is 1. The monoisotopic (exact) mass is 647 g/mol. The fourth-order valence-electron chi connectivity index (χ4n) is 6.83. The van der Waals surface area contributed by atoms with Crippen LogP contribution >= 0.6 is 0 Å². The molecule has 0 spiro atoms. The molecule has 47 heavy (non-hydrogen) atoms. The number of likely N-dealkylation sites (tertiary alicyclic amines) is 1. The van der Waals surface area contributed by atoms with Crippen LogP contribution in [0.1, 0.15) is 60.9 Å². The Kier molecular flexibility index (Phi) is 9.67. The Bertz CT molecular complexity index is 1580. The highest BCUT2D eigenvalue weighted by atomic mass is 19.1. The molecule has 248 valence electrons. The first-order valence-corrected chi connectivity index (χ1v) is 16.1. The van der Waals surface area contributed by atoms with E-state index in [1.165, 1.54) is 29.2 Å².